The third-order valence-corrected chi connectivity index (χ3v) is 3.90. The highest BCUT2D eigenvalue weighted by Crippen LogP contribution is 2.29. The summed E-state index contributed by atoms with van der Waals surface area (Å²) < 4.78 is 0. The minimum atomic E-state index is -0.317. The Kier molecular flexibility index (Phi) is 6.75. The van der Waals surface area contributed by atoms with Crippen LogP contribution >= 0.6 is 11.8 Å². The number of nitrogens with zero attached hydrogens (tertiary/aromatic N) is 1. The predicted octanol–water partition coefficient (Wildman–Crippen LogP) is 3.32. The summed E-state index contributed by atoms with van der Waals surface area (Å²) >= 11 is 1.56. The summed E-state index contributed by atoms with van der Waals surface area (Å²) in [6.07, 6.45) is 1.13. The third-order valence-electron chi connectivity index (χ3n) is 2.50. The molecule has 0 fully saturated rings. The summed E-state index contributed by atoms with van der Waals surface area (Å²) in [6.45, 7) is 6.28. The second kappa shape index (κ2) is 8.11. The Morgan fingerprint density at radius 1 is 1.44 bits per heavy atom. The Labute approximate surface area is 112 Å². The second-order valence-corrected chi connectivity index (χ2v) is 5.41. The molecule has 0 saturated heterocycles. The van der Waals surface area contributed by atoms with Crippen molar-refractivity contribution in [3.8, 4) is 0 Å². The molecule has 1 unspecified atom stereocenters. The number of nitro groups is 1. The summed E-state index contributed by atoms with van der Waals surface area (Å²) in [7, 11) is 0. The van der Waals surface area contributed by atoms with Crippen molar-refractivity contribution in [3.63, 3.8) is 0 Å². The van der Waals surface area contributed by atoms with Crippen molar-refractivity contribution in [2.24, 2.45) is 5.92 Å². The molecular weight excluding hydrogens is 248 g/mol. The Morgan fingerprint density at radius 2 is 2.17 bits per heavy atom. The van der Waals surface area contributed by atoms with Crippen LogP contribution in [0.4, 0.5) is 5.69 Å². The molecule has 0 amide bonds. The summed E-state index contributed by atoms with van der Waals surface area (Å²) in [6, 6.07) is 6.92. The van der Waals surface area contributed by atoms with Crippen molar-refractivity contribution in [3.05, 3.63) is 34.4 Å². The van der Waals surface area contributed by atoms with E-state index in [1.165, 1.54) is 0 Å². The maximum Gasteiger partial charge on any atom is 0.282 e. The van der Waals surface area contributed by atoms with Crippen molar-refractivity contribution in [2.75, 3.05) is 18.8 Å². The molecule has 0 aromatic heterocycles. The van der Waals surface area contributed by atoms with Crippen LogP contribution < -0.4 is 5.32 Å². The molecule has 0 aliphatic carbocycles. The molecule has 1 atom stereocenters. The number of nitro benzene ring substituents is 1. The van der Waals surface area contributed by atoms with Gasteiger partial charge in [-0.3, -0.25) is 10.1 Å². The first kappa shape index (κ1) is 15.0. The van der Waals surface area contributed by atoms with Crippen molar-refractivity contribution in [2.45, 2.75) is 25.2 Å². The number of nitrogens with one attached hydrogen (secondary N) is 1. The molecule has 1 aromatic rings. The molecule has 1 N–H and O–H groups in total. The van der Waals surface area contributed by atoms with E-state index in [0.717, 1.165) is 30.2 Å². The smallest absolute Gasteiger partial charge is 0.282 e. The van der Waals surface area contributed by atoms with Gasteiger partial charge in [-0.15, -0.1) is 11.8 Å². The number of thioether (sulfide) groups is 1. The summed E-state index contributed by atoms with van der Waals surface area (Å²) in [5, 5.41) is 14.2. The molecular formula is C13H20N2O2S. The van der Waals surface area contributed by atoms with E-state index in [-0.39, 0.29) is 10.6 Å². The molecule has 1 rings (SSSR count). The van der Waals surface area contributed by atoms with Gasteiger partial charge < -0.3 is 5.32 Å². The Bertz CT molecular complexity index is 385. The lowest BCUT2D eigenvalue weighted by Crippen LogP contribution is -2.23. The molecule has 0 aliphatic rings. The molecule has 4 nitrogen and oxygen atoms in total. The van der Waals surface area contributed by atoms with E-state index in [4.69, 9.17) is 0 Å². The van der Waals surface area contributed by atoms with Gasteiger partial charge in [-0.25, -0.2) is 0 Å². The van der Waals surface area contributed by atoms with Crippen molar-refractivity contribution < 1.29 is 4.92 Å². The van der Waals surface area contributed by atoms with Gasteiger partial charge in [0, 0.05) is 11.8 Å². The van der Waals surface area contributed by atoms with E-state index in [9.17, 15) is 10.1 Å². The zero-order valence-corrected chi connectivity index (χ0v) is 11.7. The maximum absolute atomic E-state index is 10.9. The summed E-state index contributed by atoms with van der Waals surface area (Å²) in [5.41, 5.74) is 0.205. The van der Waals surface area contributed by atoms with Crippen LogP contribution in [-0.4, -0.2) is 23.8 Å². The maximum atomic E-state index is 10.9. The van der Waals surface area contributed by atoms with Crippen LogP contribution in [0.25, 0.3) is 0 Å². The average Bonchev–Trinajstić information content (AvgIpc) is 2.37. The highest BCUT2D eigenvalue weighted by molar-refractivity contribution is 7.99. The van der Waals surface area contributed by atoms with E-state index in [0.29, 0.717) is 5.92 Å². The zero-order chi connectivity index (χ0) is 13.4. The second-order valence-electron chi connectivity index (χ2n) is 4.35. The molecule has 0 radical (unpaired) electrons. The van der Waals surface area contributed by atoms with Gasteiger partial charge in [-0.05, 0) is 31.5 Å². The predicted molar refractivity (Wildman–Crippen MR) is 76.1 cm³/mol. The van der Waals surface area contributed by atoms with Crippen LogP contribution in [-0.2, 0) is 0 Å². The van der Waals surface area contributed by atoms with Gasteiger partial charge in [0.2, 0.25) is 0 Å². The van der Waals surface area contributed by atoms with Crippen LogP contribution in [0.15, 0.2) is 29.2 Å². The van der Waals surface area contributed by atoms with Gasteiger partial charge in [0.25, 0.3) is 5.69 Å². The number of hydrogen-bond acceptors (Lipinski definition) is 4. The van der Waals surface area contributed by atoms with E-state index in [2.05, 4.69) is 19.2 Å². The fourth-order valence-corrected chi connectivity index (χ4v) is 2.59. The molecule has 18 heavy (non-hydrogen) atoms. The monoisotopic (exact) mass is 268 g/mol. The van der Waals surface area contributed by atoms with Gasteiger partial charge >= 0.3 is 0 Å². The highest BCUT2D eigenvalue weighted by Gasteiger charge is 2.13. The first-order valence-corrected chi connectivity index (χ1v) is 7.20. The van der Waals surface area contributed by atoms with E-state index in [1.54, 1.807) is 23.9 Å². The normalized spacial score (nSPS) is 12.3. The van der Waals surface area contributed by atoms with E-state index >= 15 is 0 Å². The molecule has 5 heteroatoms. The molecule has 0 saturated carbocycles. The van der Waals surface area contributed by atoms with Crippen molar-refractivity contribution in [1.29, 1.82) is 0 Å². The Hall–Kier alpha value is -1.07. The van der Waals surface area contributed by atoms with Crippen molar-refractivity contribution >= 4 is 17.4 Å². The van der Waals surface area contributed by atoms with Gasteiger partial charge in [-0.1, -0.05) is 26.0 Å². The SMILES string of the molecule is CCCNCC(C)CSc1ccccc1[N+](=O)[O-]. The quantitative estimate of drug-likeness (QED) is 0.340. The molecule has 0 bridgehead atoms. The van der Waals surface area contributed by atoms with Crippen LogP contribution in [0.2, 0.25) is 0 Å². The van der Waals surface area contributed by atoms with Crippen LogP contribution in [0.3, 0.4) is 0 Å². The summed E-state index contributed by atoms with van der Waals surface area (Å²) in [4.78, 5) is 11.3. The summed E-state index contributed by atoms with van der Waals surface area (Å²) in [5.74, 6) is 1.39. The van der Waals surface area contributed by atoms with Gasteiger partial charge in [0.05, 0.1) is 9.82 Å². The average molecular weight is 268 g/mol. The topological polar surface area (TPSA) is 55.2 Å². The number of benzene rings is 1. The first-order chi connectivity index (χ1) is 8.65. The lowest BCUT2D eigenvalue weighted by Gasteiger charge is -2.11. The van der Waals surface area contributed by atoms with Crippen molar-refractivity contribution in [1.82, 2.24) is 5.32 Å². The van der Waals surface area contributed by atoms with Crippen LogP contribution in [0, 0.1) is 16.0 Å². The standard InChI is InChI=1S/C13H20N2O2S/c1-3-8-14-9-11(2)10-18-13-7-5-4-6-12(13)15(16)17/h4-7,11,14H,3,8-10H2,1-2H3. The van der Waals surface area contributed by atoms with E-state index < -0.39 is 0 Å². The van der Waals surface area contributed by atoms with Gasteiger partial charge in [-0.2, -0.15) is 0 Å². The van der Waals surface area contributed by atoms with Crippen LogP contribution in [0.1, 0.15) is 20.3 Å². The molecule has 1 aromatic carbocycles. The number of hydrogen-bond donors (Lipinski definition) is 1. The Morgan fingerprint density at radius 3 is 2.83 bits per heavy atom. The molecule has 100 valence electrons. The fourth-order valence-electron chi connectivity index (χ4n) is 1.55. The molecule has 0 spiro atoms. The first-order valence-electron chi connectivity index (χ1n) is 6.22. The number of para-hydroxylation sites is 1. The largest absolute Gasteiger partial charge is 0.316 e. The lowest BCUT2D eigenvalue weighted by molar-refractivity contribution is -0.387. The number of rotatable bonds is 8. The highest BCUT2D eigenvalue weighted by atomic mass is 32.2. The molecule has 0 heterocycles. The lowest BCUT2D eigenvalue weighted by atomic mass is 10.2. The minimum absolute atomic E-state index is 0.205. The van der Waals surface area contributed by atoms with Gasteiger partial charge in [0.1, 0.15) is 0 Å². The third kappa shape index (κ3) is 5.06. The fraction of sp³-hybridized carbons (Fsp3) is 0.538. The zero-order valence-electron chi connectivity index (χ0n) is 10.9. The van der Waals surface area contributed by atoms with Gasteiger partial charge in [0.15, 0.2) is 0 Å². The minimum Gasteiger partial charge on any atom is -0.316 e. The van der Waals surface area contributed by atoms with Crippen LogP contribution in [0.5, 0.6) is 0 Å². The van der Waals surface area contributed by atoms with E-state index in [1.807, 2.05) is 12.1 Å². The molecule has 0 aliphatic heterocycles. The Balaban J connectivity index is 2.45.